The van der Waals surface area contributed by atoms with Crippen molar-refractivity contribution < 1.29 is 9.94 Å². The van der Waals surface area contributed by atoms with E-state index in [1.807, 2.05) is 6.07 Å². The van der Waals surface area contributed by atoms with Crippen LogP contribution in [0.15, 0.2) is 23.5 Å². The molecule has 0 aromatic carbocycles. The van der Waals surface area contributed by atoms with Crippen LogP contribution in [0, 0.1) is 0 Å². The normalized spacial score (nSPS) is 13.0. The lowest BCUT2D eigenvalue weighted by molar-refractivity contribution is 0.131. The lowest BCUT2D eigenvalue weighted by Crippen LogP contribution is -2.21. The second-order valence-corrected chi connectivity index (χ2v) is 11.9. The van der Waals surface area contributed by atoms with E-state index in [1.54, 1.807) is 12.3 Å². The Labute approximate surface area is 125 Å². The first-order valence-electron chi connectivity index (χ1n) is 6.93. The highest BCUT2D eigenvalue weighted by molar-refractivity contribution is 6.76. The topological polar surface area (TPSA) is 96.5 Å². The van der Waals surface area contributed by atoms with Crippen molar-refractivity contribution in [2.45, 2.75) is 32.3 Å². The summed E-state index contributed by atoms with van der Waals surface area (Å²) in [6.07, 6.45) is 1.63. The number of fused-ring (bicyclic) bond motifs is 1. The molecule has 0 saturated carbocycles. The number of ether oxygens (including phenoxy) is 1. The number of rotatable bonds is 6. The molecule has 0 aliphatic heterocycles. The van der Waals surface area contributed by atoms with Crippen molar-refractivity contribution in [2.75, 3.05) is 6.61 Å². The molecule has 0 unspecified atom stereocenters. The van der Waals surface area contributed by atoms with Crippen LogP contribution in [0.3, 0.4) is 0 Å². The Hall–Kier alpha value is -1.86. The van der Waals surface area contributed by atoms with Gasteiger partial charge >= 0.3 is 0 Å². The fourth-order valence-corrected chi connectivity index (χ4v) is 2.75. The van der Waals surface area contributed by atoms with E-state index in [9.17, 15) is 0 Å². The lowest BCUT2D eigenvalue weighted by atomic mass is 10.1. The third kappa shape index (κ3) is 4.05. The van der Waals surface area contributed by atoms with Gasteiger partial charge in [-0.15, -0.1) is 0 Å². The average molecular weight is 306 g/mol. The van der Waals surface area contributed by atoms with Crippen LogP contribution >= 0.6 is 0 Å². The van der Waals surface area contributed by atoms with Gasteiger partial charge in [0.15, 0.2) is 5.84 Å². The predicted octanol–water partition coefficient (Wildman–Crippen LogP) is 2.51. The van der Waals surface area contributed by atoms with Crippen LogP contribution in [-0.4, -0.2) is 35.7 Å². The number of amidine groups is 1. The molecule has 2 heterocycles. The van der Waals surface area contributed by atoms with Crippen molar-refractivity contribution in [3.05, 3.63) is 29.6 Å². The molecule has 0 radical (unpaired) electrons. The minimum atomic E-state index is -1.06. The fourth-order valence-electron chi connectivity index (χ4n) is 2.00. The van der Waals surface area contributed by atoms with Crippen molar-refractivity contribution in [1.29, 1.82) is 0 Å². The van der Waals surface area contributed by atoms with Gasteiger partial charge in [0.2, 0.25) is 0 Å². The Morgan fingerprint density at radius 1 is 1.48 bits per heavy atom. The van der Waals surface area contributed by atoms with Crippen molar-refractivity contribution in [3.63, 3.8) is 0 Å². The van der Waals surface area contributed by atoms with Gasteiger partial charge in [0.1, 0.15) is 5.65 Å². The lowest BCUT2D eigenvalue weighted by Gasteiger charge is -2.14. The van der Waals surface area contributed by atoms with Crippen molar-refractivity contribution in [2.24, 2.45) is 10.9 Å². The highest BCUT2D eigenvalue weighted by Crippen LogP contribution is 2.18. The molecule has 114 valence electrons. The van der Waals surface area contributed by atoms with E-state index in [-0.39, 0.29) is 5.84 Å². The fraction of sp³-hybridized carbons (Fsp3) is 0.429. The van der Waals surface area contributed by atoms with Gasteiger partial charge in [-0.2, -0.15) is 0 Å². The summed E-state index contributed by atoms with van der Waals surface area (Å²) in [7, 11) is -1.06. The number of oxime groups is 1. The quantitative estimate of drug-likeness (QED) is 0.191. The van der Waals surface area contributed by atoms with Crippen LogP contribution < -0.4 is 5.73 Å². The van der Waals surface area contributed by atoms with E-state index in [0.717, 1.165) is 23.7 Å². The number of pyridine rings is 1. The molecule has 4 N–H and O–H groups in total. The van der Waals surface area contributed by atoms with Crippen molar-refractivity contribution >= 4 is 24.9 Å². The van der Waals surface area contributed by atoms with Crippen LogP contribution in [0.4, 0.5) is 0 Å². The first kappa shape index (κ1) is 15.5. The van der Waals surface area contributed by atoms with Gasteiger partial charge < -0.3 is 20.7 Å². The monoisotopic (exact) mass is 306 g/mol. The van der Waals surface area contributed by atoms with Gasteiger partial charge in [0.25, 0.3) is 0 Å². The summed E-state index contributed by atoms with van der Waals surface area (Å²) in [4.78, 5) is 7.45. The molecule has 0 fully saturated rings. The van der Waals surface area contributed by atoms with E-state index in [4.69, 9.17) is 15.7 Å². The van der Waals surface area contributed by atoms with E-state index < -0.39 is 8.07 Å². The smallest absolute Gasteiger partial charge is 0.170 e. The summed E-state index contributed by atoms with van der Waals surface area (Å²) in [6.45, 7) is 8.26. The van der Waals surface area contributed by atoms with Crippen LogP contribution in [0.25, 0.3) is 11.0 Å². The first-order valence-corrected chi connectivity index (χ1v) is 10.6. The Kier molecular flexibility index (Phi) is 4.64. The molecule has 2 rings (SSSR count). The molecule has 0 amide bonds. The molecule has 0 bridgehead atoms. The second-order valence-electron chi connectivity index (χ2n) is 6.26. The molecule has 2 aromatic rings. The maximum absolute atomic E-state index is 8.82. The molecule has 0 saturated heterocycles. The summed E-state index contributed by atoms with van der Waals surface area (Å²) in [6, 6.07) is 4.80. The predicted molar refractivity (Wildman–Crippen MR) is 86.4 cm³/mol. The third-order valence-electron chi connectivity index (χ3n) is 3.23. The van der Waals surface area contributed by atoms with Gasteiger partial charge in [0, 0.05) is 37.5 Å². The summed E-state index contributed by atoms with van der Waals surface area (Å²) in [5, 5.41) is 12.7. The number of nitrogens with zero attached hydrogens (tertiary/aromatic N) is 2. The first-order chi connectivity index (χ1) is 9.90. The third-order valence-corrected chi connectivity index (χ3v) is 4.93. The van der Waals surface area contributed by atoms with Crippen LogP contribution in [0.1, 0.15) is 11.3 Å². The summed E-state index contributed by atoms with van der Waals surface area (Å²) < 4.78 is 5.72. The zero-order valence-corrected chi connectivity index (χ0v) is 13.7. The Morgan fingerprint density at radius 2 is 2.24 bits per heavy atom. The molecule has 7 heteroatoms. The van der Waals surface area contributed by atoms with Crippen LogP contribution in [0.5, 0.6) is 0 Å². The number of H-pyrrole nitrogens is 1. The maximum Gasteiger partial charge on any atom is 0.170 e. The van der Waals surface area contributed by atoms with Gasteiger partial charge in [-0.3, -0.25) is 0 Å². The molecule has 2 aromatic heterocycles. The second kappa shape index (κ2) is 6.27. The van der Waals surface area contributed by atoms with E-state index in [0.29, 0.717) is 17.8 Å². The molecular formula is C14H22N4O2Si. The van der Waals surface area contributed by atoms with E-state index in [2.05, 4.69) is 34.8 Å². The zero-order valence-electron chi connectivity index (χ0n) is 12.7. The summed E-state index contributed by atoms with van der Waals surface area (Å²) in [5.41, 5.74) is 7.98. The van der Waals surface area contributed by atoms with Crippen LogP contribution in [-0.2, 0) is 11.3 Å². The largest absolute Gasteiger partial charge is 0.409 e. The molecule has 0 aliphatic rings. The number of aromatic nitrogens is 2. The number of nitrogens with two attached hydrogens (primary N) is 1. The van der Waals surface area contributed by atoms with E-state index >= 15 is 0 Å². The highest BCUT2D eigenvalue weighted by Gasteiger charge is 2.13. The van der Waals surface area contributed by atoms with Gasteiger partial charge in [0.05, 0.1) is 6.61 Å². The Morgan fingerprint density at radius 3 is 2.90 bits per heavy atom. The number of hydrogen-bond acceptors (Lipinski definition) is 4. The van der Waals surface area contributed by atoms with Crippen LogP contribution in [0.2, 0.25) is 25.7 Å². The summed E-state index contributed by atoms with van der Waals surface area (Å²) in [5.74, 6) is 0.0765. The molecule has 0 atom stereocenters. The number of hydrogen-bond donors (Lipinski definition) is 3. The van der Waals surface area contributed by atoms with E-state index in [1.165, 1.54) is 0 Å². The summed E-state index contributed by atoms with van der Waals surface area (Å²) >= 11 is 0. The SMILES string of the molecule is C[Si](C)(C)CCOCc1cc2c(C(N)=NO)ccnc2[nH]1. The number of aromatic amines is 1. The van der Waals surface area contributed by atoms with Crippen molar-refractivity contribution in [3.8, 4) is 0 Å². The average Bonchev–Trinajstić information content (AvgIpc) is 2.84. The Bertz CT molecular complexity index is 646. The maximum atomic E-state index is 8.82. The molecule has 0 aliphatic carbocycles. The minimum absolute atomic E-state index is 0.0765. The zero-order chi connectivity index (χ0) is 15.5. The van der Waals surface area contributed by atoms with Gasteiger partial charge in [-0.05, 0) is 18.2 Å². The van der Waals surface area contributed by atoms with Gasteiger partial charge in [-0.25, -0.2) is 4.98 Å². The molecule has 6 nitrogen and oxygen atoms in total. The number of nitrogens with one attached hydrogen (secondary N) is 1. The molecule has 21 heavy (non-hydrogen) atoms. The van der Waals surface area contributed by atoms with Crippen molar-refractivity contribution in [1.82, 2.24) is 9.97 Å². The molecular weight excluding hydrogens is 284 g/mol. The highest BCUT2D eigenvalue weighted by atomic mass is 28.3. The standard InChI is InChI=1S/C14H22N4O2Si/c1-21(2,3)7-6-20-9-10-8-12-11(13(15)18-19)4-5-16-14(12)17-10/h4-5,8,19H,6-7,9H2,1-3H3,(H2,15,18)(H,16,17). The molecule has 0 spiro atoms. The Balaban J connectivity index is 2.09. The minimum Gasteiger partial charge on any atom is -0.409 e. The van der Waals surface area contributed by atoms with Gasteiger partial charge in [-0.1, -0.05) is 24.8 Å².